The topological polar surface area (TPSA) is 71.5 Å². The van der Waals surface area contributed by atoms with Gasteiger partial charge in [0, 0.05) is 19.5 Å². The molecular formula is C18H18N2O5. The summed E-state index contributed by atoms with van der Waals surface area (Å²) in [6, 6.07) is 16.0. The third kappa shape index (κ3) is 3.05. The number of benzene rings is 2. The second kappa shape index (κ2) is 6.72. The summed E-state index contributed by atoms with van der Waals surface area (Å²) in [5.74, 6) is -0.809. The first kappa shape index (κ1) is 15.9. The van der Waals surface area contributed by atoms with Crippen molar-refractivity contribution in [2.45, 2.75) is 19.1 Å². The van der Waals surface area contributed by atoms with Crippen LogP contribution in [0.15, 0.2) is 48.5 Å². The predicted molar refractivity (Wildman–Crippen MR) is 90.8 cm³/mol. The maximum atomic E-state index is 11.1. The average molecular weight is 342 g/mol. The highest BCUT2D eigenvalue weighted by molar-refractivity contribution is 5.93. The van der Waals surface area contributed by atoms with Crippen LogP contribution in [-0.2, 0) is 19.6 Å². The predicted octanol–water partition coefficient (Wildman–Crippen LogP) is 3.36. The first-order chi connectivity index (χ1) is 12.2. The smallest absolute Gasteiger partial charge is 0.305 e. The zero-order valence-electron chi connectivity index (χ0n) is 13.5. The van der Waals surface area contributed by atoms with Gasteiger partial charge in [-0.3, -0.25) is 4.79 Å². The first-order valence-electron chi connectivity index (χ1n) is 8.18. The minimum absolute atomic E-state index is 0.0732. The molecular weight excluding hydrogens is 324 g/mol. The van der Waals surface area contributed by atoms with E-state index in [-0.39, 0.29) is 12.7 Å². The second-order valence-corrected chi connectivity index (χ2v) is 5.90. The van der Waals surface area contributed by atoms with Gasteiger partial charge in [-0.1, -0.05) is 29.3 Å². The molecule has 0 radical (unpaired) electrons. The van der Waals surface area contributed by atoms with E-state index in [4.69, 9.17) is 14.9 Å². The van der Waals surface area contributed by atoms with Gasteiger partial charge in [-0.2, -0.15) is 9.78 Å². The SMILES string of the molecule is O=C(O)CCN1c2ccccc2N(CCC2OOO2)c2ccccc21. The van der Waals surface area contributed by atoms with E-state index in [1.807, 2.05) is 48.5 Å². The Morgan fingerprint density at radius 3 is 1.76 bits per heavy atom. The summed E-state index contributed by atoms with van der Waals surface area (Å²) in [4.78, 5) is 25.1. The highest BCUT2D eigenvalue weighted by Crippen LogP contribution is 2.47. The van der Waals surface area contributed by atoms with Crippen LogP contribution in [0.5, 0.6) is 0 Å². The summed E-state index contributed by atoms with van der Waals surface area (Å²) in [5, 5.41) is 13.4. The molecule has 0 atom stereocenters. The Balaban J connectivity index is 1.69. The molecule has 0 aliphatic carbocycles. The largest absolute Gasteiger partial charge is 0.481 e. The lowest BCUT2D eigenvalue weighted by atomic mass is 10.1. The summed E-state index contributed by atoms with van der Waals surface area (Å²) in [6.45, 7) is 1.11. The number of carboxylic acids is 1. The molecule has 1 saturated heterocycles. The van der Waals surface area contributed by atoms with Crippen molar-refractivity contribution < 1.29 is 24.7 Å². The normalized spacial score (nSPS) is 16.2. The van der Waals surface area contributed by atoms with Crippen molar-refractivity contribution in [2.24, 2.45) is 0 Å². The number of hydrogen-bond donors (Lipinski definition) is 1. The summed E-state index contributed by atoms with van der Waals surface area (Å²) in [5.41, 5.74) is 4.06. The Labute approximate surface area is 144 Å². The molecule has 0 aromatic heterocycles. The fraction of sp³-hybridized carbons (Fsp3) is 0.278. The van der Waals surface area contributed by atoms with Crippen molar-refractivity contribution >= 4 is 28.7 Å². The van der Waals surface area contributed by atoms with Crippen LogP contribution in [0.2, 0.25) is 0 Å². The molecule has 2 aliphatic heterocycles. The van der Waals surface area contributed by atoms with E-state index in [0.29, 0.717) is 19.5 Å². The standard InChI is InChI=1S/C18H18N2O5/c21-17(22)9-11-19-13-5-1-3-7-15(13)20(12-10-18-23-25-24-18)16-8-4-2-6-14(16)19/h1-8,18H,9-12H2,(H,21,22). The molecule has 0 bridgehead atoms. The number of fused-ring (bicyclic) bond motifs is 2. The number of rotatable bonds is 6. The molecule has 0 unspecified atom stereocenters. The van der Waals surface area contributed by atoms with Gasteiger partial charge in [-0.25, -0.2) is 0 Å². The lowest BCUT2D eigenvalue weighted by Gasteiger charge is -2.40. The van der Waals surface area contributed by atoms with Crippen LogP contribution in [0.3, 0.4) is 0 Å². The summed E-state index contributed by atoms with van der Waals surface area (Å²) in [6.07, 6.45) is 0.367. The van der Waals surface area contributed by atoms with Crippen molar-refractivity contribution in [2.75, 3.05) is 22.9 Å². The second-order valence-electron chi connectivity index (χ2n) is 5.90. The Morgan fingerprint density at radius 2 is 1.36 bits per heavy atom. The lowest BCUT2D eigenvalue weighted by Crippen LogP contribution is -2.35. The fourth-order valence-corrected chi connectivity index (χ4v) is 3.22. The van der Waals surface area contributed by atoms with Gasteiger partial charge in [0.1, 0.15) is 0 Å². The van der Waals surface area contributed by atoms with Gasteiger partial charge in [0.2, 0.25) is 6.29 Å². The third-order valence-electron chi connectivity index (χ3n) is 4.36. The zero-order chi connectivity index (χ0) is 17.2. The van der Waals surface area contributed by atoms with Crippen LogP contribution in [0.25, 0.3) is 0 Å². The average Bonchev–Trinajstić information content (AvgIpc) is 2.58. The highest BCUT2D eigenvalue weighted by atomic mass is 17.6. The van der Waals surface area contributed by atoms with E-state index in [2.05, 4.69) is 14.8 Å². The molecule has 25 heavy (non-hydrogen) atoms. The number of carboxylic acid groups (broad SMARTS) is 1. The molecule has 0 saturated carbocycles. The van der Waals surface area contributed by atoms with Crippen LogP contribution in [-0.4, -0.2) is 30.5 Å². The summed E-state index contributed by atoms with van der Waals surface area (Å²) < 4.78 is 0. The van der Waals surface area contributed by atoms with Gasteiger partial charge in [-0.05, 0) is 24.3 Å². The monoisotopic (exact) mass is 342 g/mol. The highest BCUT2D eigenvalue weighted by Gasteiger charge is 2.30. The molecule has 2 aromatic carbocycles. The first-order valence-corrected chi connectivity index (χ1v) is 8.18. The van der Waals surface area contributed by atoms with E-state index >= 15 is 0 Å². The molecule has 0 spiro atoms. The number of carbonyl (C=O) groups is 1. The van der Waals surface area contributed by atoms with Gasteiger partial charge in [0.05, 0.1) is 29.2 Å². The van der Waals surface area contributed by atoms with E-state index in [9.17, 15) is 4.79 Å². The molecule has 0 amide bonds. The Bertz CT molecular complexity index is 730. The number of anilines is 4. The minimum atomic E-state index is -0.809. The fourth-order valence-electron chi connectivity index (χ4n) is 3.22. The molecule has 7 heteroatoms. The van der Waals surface area contributed by atoms with Crippen LogP contribution in [0.1, 0.15) is 12.8 Å². The molecule has 1 N–H and O–H groups in total. The van der Waals surface area contributed by atoms with Crippen LogP contribution in [0, 0.1) is 0 Å². The van der Waals surface area contributed by atoms with Gasteiger partial charge >= 0.3 is 5.97 Å². The molecule has 4 rings (SSSR count). The van der Waals surface area contributed by atoms with Crippen LogP contribution >= 0.6 is 0 Å². The van der Waals surface area contributed by atoms with E-state index in [1.165, 1.54) is 0 Å². The Hall–Kier alpha value is -2.61. The number of para-hydroxylation sites is 4. The summed E-state index contributed by atoms with van der Waals surface area (Å²) >= 11 is 0. The lowest BCUT2D eigenvalue weighted by molar-refractivity contribution is -0.690. The molecule has 7 nitrogen and oxygen atoms in total. The van der Waals surface area contributed by atoms with E-state index < -0.39 is 5.97 Å². The Kier molecular flexibility index (Phi) is 4.27. The third-order valence-corrected chi connectivity index (χ3v) is 4.36. The quantitative estimate of drug-likeness (QED) is 0.807. The van der Waals surface area contributed by atoms with Crippen molar-refractivity contribution in [3.05, 3.63) is 48.5 Å². The van der Waals surface area contributed by atoms with E-state index in [0.717, 1.165) is 22.7 Å². The van der Waals surface area contributed by atoms with Crippen molar-refractivity contribution in [3.63, 3.8) is 0 Å². The van der Waals surface area contributed by atoms with Gasteiger partial charge in [-0.15, -0.1) is 0 Å². The van der Waals surface area contributed by atoms with E-state index in [1.54, 1.807) is 0 Å². The molecule has 130 valence electrons. The molecule has 2 heterocycles. The number of aliphatic carboxylic acids is 1. The molecule has 2 aromatic rings. The van der Waals surface area contributed by atoms with Crippen LogP contribution < -0.4 is 9.80 Å². The van der Waals surface area contributed by atoms with Gasteiger partial charge < -0.3 is 14.9 Å². The zero-order valence-corrected chi connectivity index (χ0v) is 13.5. The molecule has 1 fully saturated rings. The number of hydrogen-bond acceptors (Lipinski definition) is 6. The van der Waals surface area contributed by atoms with Crippen molar-refractivity contribution in [3.8, 4) is 0 Å². The molecule has 2 aliphatic rings. The maximum absolute atomic E-state index is 11.1. The van der Waals surface area contributed by atoms with Crippen LogP contribution in [0.4, 0.5) is 22.7 Å². The van der Waals surface area contributed by atoms with Gasteiger partial charge in [0.25, 0.3) is 0 Å². The number of nitrogens with zero attached hydrogens (tertiary/aromatic N) is 2. The van der Waals surface area contributed by atoms with Gasteiger partial charge in [0.15, 0.2) is 0 Å². The maximum Gasteiger partial charge on any atom is 0.305 e. The minimum Gasteiger partial charge on any atom is -0.481 e. The Morgan fingerprint density at radius 1 is 0.880 bits per heavy atom. The van der Waals surface area contributed by atoms with Crippen molar-refractivity contribution in [1.82, 2.24) is 0 Å². The van der Waals surface area contributed by atoms with Crippen molar-refractivity contribution in [1.29, 1.82) is 0 Å². The summed E-state index contributed by atoms with van der Waals surface area (Å²) in [7, 11) is 0.